The van der Waals surface area contributed by atoms with Gasteiger partial charge in [0.05, 0.1) is 33.3 Å². The van der Waals surface area contributed by atoms with Gasteiger partial charge in [0.25, 0.3) is 0 Å². The maximum atomic E-state index is 6.15. The van der Waals surface area contributed by atoms with Gasteiger partial charge in [0.1, 0.15) is 11.6 Å². The van der Waals surface area contributed by atoms with E-state index >= 15 is 0 Å². The van der Waals surface area contributed by atoms with Crippen LogP contribution in [0.5, 0.6) is 0 Å². The van der Waals surface area contributed by atoms with Crippen LogP contribution in [0.3, 0.4) is 0 Å². The van der Waals surface area contributed by atoms with Gasteiger partial charge in [0.2, 0.25) is 0 Å². The molecule has 0 aliphatic carbocycles. The van der Waals surface area contributed by atoms with Crippen molar-refractivity contribution in [3.63, 3.8) is 0 Å². The fourth-order valence-electron chi connectivity index (χ4n) is 15.7. The quantitative estimate of drug-likeness (QED) is 0.0904. The third-order valence-corrected chi connectivity index (χ3v) is 22.6. The van der Waals surface area contributed by atoms with E-state index < -0.39 is 0 Å². The molecule has 6 nitrogen and oxygen atoms in total. The molecule has 1 aliphatic heterocycles. The Hall–Kier alpha value is -12.0. The smallest absolute Gasteiger partial charge is 0.399 e. The van der Waals surface area contributed by atoms with Gasteiger partial charge in [-0.25, -0.2) is 9.97 Å². The van der Waals surface area contributed by atoms with Gasteiger partial charge in [-0.15, -0.1) is 0 Å². The van der Waals surface area contributed by atoms with Crippen molar-refractivity contribution in [3.05, 3.63) is 368 Å². The maximum Gasteiger partial charge on any atom is 0.494 e. The monoisotopic (exact) mass is 1460 g/mol. The van der Waals surface area contributed by atoms with Crippen molar-refractivity contribution in [1.82, 2.24) is 19.1 Å². The van der Waals surface area contributed by atoms with E-state index in [0.717, 1.165) is 67.9 Å². The summed E-state index contributed by atoms with van der Waals surface area (Å²) in [5.41, 5.74) is 24.2. The summed E-state index contributed by atoms with van der Waals surface area (Å²) in [6.45, 7) is 12.6. The number of aryl methyl sites for hydroxylation is 2. The summed E-state index contributed by atoms with van der Waals surface area (Å²) < 4.78 is 18.0. The largest absolute Gasteiger partial charge is 0.494 e. The molecule has 1 fully saturated rings. The molecule has 19 rings (SSSR count). The highest BCUT2D eigenvalue weighted by Gasteiger charge is 2.51. The first-order valence-electron chi connectivity index (χ1n) is 37.4. The second-order valence-electron chi connectivity index (χ2n) is 28.7. The Morgan fingerprint density at radius 3 is 1.07 bits per heavy atom. The second kappa shape index (κ2) is 29.4. The van der Waals surface area contributed by atoms with Crippen LogP contribution in [0.15, 0.2) is 356 Å². The first-order chi connectivity index (χ1) is 52.9. The average molecular weight is 1460 g/mol. The molecular weight excluding hydrogens is 1380 g/mol. The zero-order valence-corrected chi connectivity index (χ0v) is 63.0. The molecule has 0 spiro atoms. The predicted octanol–water partition coefficient (Wildman–Crippen LogP) is 26.2. The number of nitrogens with zero attached hydrogens (tertiary/aromatic N) is 4. The van der Waals surface area contributed by atoms with E-state index in [4.69, 9.17) is 19.3 Å². The van der Waals surface area contributed by atoms with E-state index in [0.29, 0.717) is 0 Å². The second-order valence-corrected chi connectivity index (χ2v) is 29.5. The lowest BCUT2D eigenvalue weighted by molar-refractivity contribution is 0.00578. The van der Waals surface area contributed by atoms with Gasteiger partial charge in [-0.1, -0.05) is 305 Å². The van der Waals surface area contributed by atoms with E-state index in [-0.39, 0.29) is 18.3 Å². The van der Waals surface area contributed by atoms with Crippen LogP contribution in [0.25, 0.3) is 154 Å². The SMILES string of the molecule is Brc1c2ccccc2c(-c2ccccc2-c2ccccc2)c2cc(-c3ccccc3)ccc12.CCc1nc2ccccc2n1-c1ccc(-c2c3ccccc3c(-c3ccccc3-c3ccccc3)c3cc(-c4ccccc4)ccc23)cc1.CCc1nc2ccccc2n1-c1ccc(B2OC(C)(C)C(C)(C)O2)cc1. The summed E-state index contributed by atoms with van der Waals surface area (Å²) >= 11 is 3.93. The number of benzene rings is 16. The Labute approximate surface area is 640 Å². The minimum Gasteiger partial charge on any atom is -0.399 e. The molecular formula is C100H80BBrN4O2. The molecule has 0 atom stereocenters. The standard InChI is InChI=1S/C47H34N2.C32H21Br.C21H25BN2O2/c1-2-45-48-43-23-13-14-24-44(43)49(45)36-28-25-34(26-29-36)46-39-21-11-12-22-40(39)47(38-20-10-9-19-37(38)33-17-7-4-8-18-33)42-31-35(27-30-41(42)46)32-15-5-3-6-16-32;33-32-28-18-10-9-17-27(28)31(26-16-8-7-15-25(26)23-13-5-2-6-14-23)30-21-24(19-20-29(30)32)22-11-3-1-4-12-22;1-6-19-23-17-9-7-8-10-18(17)24(19)16-13-11-15(12-14-16)22-25-20(2,3)21(4,5)26-22/h3-31H,2H2,1H3;1-21H;7-14H,6H2,1-5H3. The van der Waals surface area contributed by atoms with E-state index in [9.17, 15) is 0 Å². The molecule has 0 N–H and O–H groups in total. The molecule has 0 radical (unpaired) electrons. The van der Waals surface area contributed by atoms with Crippen molar-refractivity contribution < 1.29 is 9.31 Å². The highest BCUT2D eigenvalue weighted by molar-refractivity contribution is 9.10. The molecule has 3 heterocycles. The fourth-order valence-corrected chi connectivity index (χ4v) is 16.4. The van der Waals surface area contributed by atoms with Crippen LogP contribution < -0.4 is 5.46 Å². The van der Waals surface area contributed by atoms with Gasteiger partial charge in [-0.05, 0) is 231 Å². The van der Waals surface area contributed by atoms with Crippen LogP contribution in [0.1, 0.15) is 53.2 Å². The maximum absolute atomic E-state index is 6.15. The molecule has 18 aromatic rings. The molecule has 0 amide bonds. The normalized spacial score (nSPS) is 13.1. The molecule has 108 heavy (non-hydrogen) atoms. The van der Waals surface area contributed by atoms with Crippen LogP contribution in [0.4, 0.5) is 0 Å². The summed E-state index contributed by atoms with van der Waals surface area (Å²) in [7, 11) is -0.334. The number of aromatic nitrogens is 4. The molecule has 1 saturated heterocycles. The summed E-state index contributed by atoms with van der Waals surface area (Å²) in [6.07, 6.45) is 1.75. The lowest BCUT2D eigenvalue weighted by atomic mass is 9.79. The molecule has 1 aliphatic rings. The highest BCUT2D eigenvalue weighted by Crippen LogP contribution is 2.49. The number of halogens is 1. The summed E-state index contributed by atoms with van der Waals surface area (Å²) in [6, 6.07) is 126. The van der Waals surface area contributed by atoms with Gasteiger partial charge in [-0.2, -0.15) is 0 Å². The molecule has 8 heteroatoms. The van der Waals surface area contributed by atoms with E-state index in [1.54, 1.807) is 0 Å². The zero-order valence-electron chi connectivity index (χ0n) is 61.5. The molecule has 522 valence electrons. The minimum atomic E-state index is -0.334. The molecule has 0 unspecified atom stereocenters. The van der Waals surface area contributed by atoms with Crippen molar-refractivity contribution in [1.29, 1.82) is 0 Å². The fraction of sp³-hybridized carbons (Fsp3) is 0.100. The minimum absolute atomic E-state index is 0.327. The van der Waals surface area contributed by atoms with Crippen molar-refractivity contribution in [2.75, 3.05) is 0 Å². The highest BCUT2D eigenvalue weighted by atomic mass is 79.9. The van der Waals surface area contributed by atoms with Crippen molar-refractivity contribution in [2.24, 2.45) is 0 Å². The van der Waals surface area contributed by atoms with Gasteiger partial charge in [0.15, 0.2) is 0 Å². The number of hydrogen-bond donors (Lipinski definition) is 0. The van der Waals surface area contributed by atoms with Crippen LogP contribution in [0.2, 0.25) is 0 Å². The summed E-state index contributed by atoms with van der Waals surface area (Å²) in [5, 5.41) is 9.95. The lowest BCUT2D eigenvalue weighted by Crippen LogP contribution is -2.41. The van der Waals surface area contributed by atoms with Crippen molar-refractivity contribution in [2.45, 2.75) is 65.6 Å². The van der Waals surface area contributed by atoms with E-state index in [1.807, 2.05) is 6.07 Å². The van der Waals surface area contributed by atoms with Gasteiger partial charge in [0, 0.05) is 28.7 Å². The lowest BCUT2D eigenvalue weighted by Gasteiger charge is -2.32. The number of fused-ring (bicyclic) bond motifs is 6. The first-order valence-corrected chi connectivity index (χ1v) is 38.2. The van der Waals surface area contributed by atoms with Crippen molar-refractivity contribution >= 4 is 93.7 Å². The Bertz CT molecular complexity index is 6320. The van der Waals surface area contributed by atoms with Crippen LogP contribution in [-0.4, -0.2) is 37.4 Å². The Balaban J connectivity index is 0.000000126. The number of para-hydroxylation sites is 4. The Kier molecular flexibility index (Phi) is 18.8. The molecule has 2 aromatic heterocycles. The number of hydrogen-bond acceptors (Lipinski definition) is 4. The Morgan fingerprint density at radius 2 is 0.620 bits per heavy atom. The topological polar surface area (TPSA) is 54.1 Å². The Morgan fingerprint density at radius 1 is 0.296 bits per heavy atom. The zero-order chi connectivity index (χ0) is 73.5. The van der Waals surface area contributed by atoms with Crippen LogP contribution in [-0.2, 0) is 22.2 Å². The van der Waals surface area contributed by atoms with Crippen LogP contribution >= 0.6 is 15.9 Å². The average Bonchev–Trinajstić information content (AvgIpc) is 1.30. The van der Waals surface area contributed by atoms with E-state index in [1.165, 1.54) is 121 Å². The van der Waals surface area contributed by atoms with Gasteiger partial charge in [-0.3, -0.25) is 9.13 Å². The van der Waals surface area contributed by atoms with Crippen molar-refractivity contribution in [3.8, 4) is 89.3 Å². The molecule has 0 saturated carbocycles. The predicted molar refractivity (Wildman–Crippen MR) is 459 cm³/mol. The summed E-state index contributed by atoms with van der Waals surface area (Å²) in [4.78, 5) is 9.69. The van der Waals surface area contributed by atoms with E-state index in [2.05, 4.69) is 412 Å². The molecule has 16 aromatic carbocycles. The molecule has 0 bridgehead atoms. The third kappa shape index (κ3) is 12.9. The summed E-state index contributed by atoms with van der Waals surface area (Å²) in [5.74, 6) is 2.13. The number of imidazole rings is 2. The van der Waals surface area contributed by atoms with Gasteiger partial charge >= 0.3 is 7.12 Å². The van der Waals surface area contributed by atoms with Gasteiger partial charge < -0.3 is 9.31 Å². The first kappa shape index (κ1) is 69.0. The number of rotatable bonds is 12. The van der Waals surface area contributed by atoms with Crippen LogP contribution in [0, 0.1) is 0 Å². The third-order valence-electron chi connectivity index (χ3n) is 21.7.